The minimum absolute atomic E-state index is 0.0660. The van der Waals surface area contributed by atoms with Crippen molar-refractivity contribution < 1.29 is 22.3 Å². The summed E-state index contributed by atoms with van der Waals surface area (Å²) in [6, 6.07) is 6.35. The zero-order valence-electron chi connectivity index (χ0n) is 10.5. The van der Waals surface area contributed by atoms with E-state index in [4.69, 9.17) is 16.7 Å². The van der Waals surface area contributed by atoms with Crippen LogP contribution in [-0.2, 0) is 16.6 Å². The molecule has 2 aromatic rings. The molecule has 0 unspecified atom stereocenters. The molecule has 0 spiro atoms. The van der Waals surface area contributed by atoms with E-state index in [0.29, 0.717) is 0 Å². The van der Waals surface area contributed by atoms with Gasteiger partial charge >= 0.3 is 0 Å². The molecule has 0 aliphatic carbocycles. The maximum atomic E-state index is 13.2. The van der Waals surface area contributed by atoms with Crippen LogP contribution in [0.15, 0.2) is 41.3 Å². The van der Waals surface area contributed by atoms with Gasteiger partial charge in [0, 0.05) is 5.56 Å². The lowest BCUT2D eigenvalue weighted by molar-refractivity contribution is 0.275. The van der Waals surface area contributed by atoms with Crippen molar-refractivity contribution >= 4 is 27.3 Å². The second-order valence-corrected chi connectivity index (χ2v) is 6.24. The fraction of sp³-hybridized carbons (Fsp3) is 0.0769. The number of hydrogen-bond donors (Lipinski definition) is 2. The zero-order valence-corrected chi connectivity index (χ0v) is 12.0. The van der Waals surface area contributed by atoms with Crippen LogP contribution in [0, 0.1) is 11.6 Å². The first-order valence-corrected chi connectivity index (χ1v) is 7.57. The van der Waals surface area contributed by atoms with Crippen molar-refractivity contribution in [1.82, 2.24) is 0 Å². The van der Waals surface area contributed by atoms with Gasteiger partial charge in [0.15, 0.2) is 0 Å². The van der Waals surface area contributed by atoms with Crippen molar-refractivity contribution in [2.75, 3.05) is 4.72 Å². The monoisotopic (exact) mass is 333 g/mol. The highest BCUT2D eigenvalue weighted by atomic mass is 35.5. The fourth-order valence-corrected chi connectivity index (χ4v) is 2.89. The maximum Gasteiger partial charge on any atom is 0.261 e. The van der Waals surface area contributed by atoms with Crippen LogP contribution in [0.3, 0.4) is 0 Å². The third kappa shape index (κ3) is 3.49. The molecule has 0 heterocycles. The van der Waals surface area contributed by atoms with Crippen molar-refractivity contribution in [1.29, 1.82) is 0 Å². The lowest BCUT2D eigenvalue weighted by Gasteiger charge is -2.10. The lowest BCUT2D eigenvalue weighted by atomic mass is 10.2. The molecule has 0 saturated heterocycles. The third-order valence-corrected chi connectivity index (χ3v) is 4.34. The summed E-state index contributed by atoms with van der Waals surface area (Å²) in [6.07, 6.45) is 0. The van der Waals surface area contributed by atoms with Crippen LogP contribution < -0.4 is 4.72 Å². The molecule has 0 bridgehead atoms. The predicted octanol–water partition coefficient (Wildman–Crippen LogP) is 2.91. The largest absolute Gasteiger partial charge is 0.392 e. The predicted molar refractivity (Wildman–Crippen MR) is 74.5 cm³/mol. The van der Waals surface area contributed by atoms with Crippen LogP contribution in [0.25, 0.3) is 0 Å². The molecule has 2 aromatic carbocycles. The molecule has 0 aliphatic rings. The normalized spacial score (nSPS) is 11.4. The van der Waals surface area contributed by atoms with Gasteiger partial charge in [-0.05, 0) is 36.4 Å². The Labute approximate surface area is 125 Å². The maximum absolute atomic E-state index is 13.2. The molecule has 4 nitrogen and oxygen atoms in total. The standard InChI is InChI=1S/C13H10ClF2NO3S/c14-11-6-9(1-3-13(11)16)17-21(19,20)10-2-4-12(15)8(5-10)7-18/h1-6,17-18H,7H2. The van der Waals surface area contributed by atoms with Gasteiger partial charge in [0.2, 0.25) is 0 Å². The minimum atomic E-state index is -4.00. The van der Waals surface area contributed by atoms with E-state index in [9.17, 15) is 17.2 Å². The van der Waals surface area contributed by atoms with Crippen LogP contribution >= 0.6 is 11.6 Å². The summed E-state index contributed by atoms with van der Waals surface area (Å²) in [5.41, 5.74) is -0.0775. The number of hydrogen-bond acceptors (Lipinski definition) is 3. The van der Waals surface area contributed by atoms with Crippen LogP contribution in [0.1, 0.15) is 5.56 Å². The molecule has 0 aliphatic heterocycles. The van der Waals surface area contributed by atoms with E-state index in [0.717, 1.165) is 30.3 Å². The lowest BCUT2D eigenvalue weighted by Crippen LogP contribution is -2.13. The van der Waals surface area contributed by atoms with E-state index < -0.39 is 28.3 Å². The molecule has 0 radical (unpaired) electrons. The Kier molecular flexibility index (Phi) is 4.46. The van der Waals surface area contributed by atoms with Gasteiger partial charge in [-0.2, -0.15) is 0 Å². The topological polar surface area (TPSA) is 66.4 Å². The van der Waals surface area contributed by atoms with E-state index in [1.54, 1.807) is 0 Å². The van der Waals surface area contributed by atoms with Gasteiger partial charge in [-0.15, -0.1) is 0 Å². The van der Waals surface area contributed by atoms with Crippen molar-refractivity contribution in [3.63, 3.8) is 0 Å². The molecule has 0 saturated carbocycles. The Morgan fingerprint density at radius 1 is 1.10 bits per heavy atom. The summed E-state index contributed by atoms with van der Waals surface area (Å²) in [5, 5.41) is 8.72. The first-order valence-electron chi connectivity index (χ1n) is 5.70. The average Bonchev–Trinajstić information content (AvgIpc) is 2.43. The van der Waals surface area contributed by atoms with E-state index in [1.807, 2.05) is 0 Å². The van der Waals surface area contributed by atoms with Gasteiger partial charge in [-0.25, -0.2) is 17.2 Å². The van der Waals surface area contributed by atoms with Crippen molar-refractivity contribution in [3.8, 4) is 0 Å². The Hall–Kier alpha value is -1.70. The first kappa shape index (κ1) is 15.7. The van der Waals surface area contributed by atoms with E-state index >= 15 is 0 Å². The molecule has 8 heteroatoms. The van der Waals surface area contributed by atoms with Crippen molar-refractivity contribution in [3.05, 3.63) is 58.6 Å². The highest BCUT2D eigenvalue weighted by Gasteiger charge is 2.17. The van der Waals surface area contributed by atoms with Crippen molar-refractivity contribution in [2.45, 2.75) is 11.5 Å². The SMILES string of the molecule is O=S(=O)(Nc1ccc(F)c(Cl)c1)c1ccc(F)c(CO)c1. The molecule has 112 valence electrons. The van der Waals surface area contributed by atoms with Crippen LogP contribution in [0.5, 0.6) is 0 Å². The molecule has 0 atom stereocenters. The smallest absolute Gasteiger partial charge is 0.261 e. The highest BCUT2D eigenvalue weighted by molar-refractivity contribution is 7.92. The van der Waals surface area contributed by atoms with Crippen molar-refractivity contribution in [2.24, 2.45) is 0 Å². The van der Waals surface area contributed by atoms with Gasteiger partial charge < -0.3 is 5.11 Å². The van der Waals surface area contributed by atoms with Gasteiger partial charge in [0.25, 0.3) is 10.0 Å². The van der Waals surface area contributed by atoms with Crippen LogP contribution in [0.4, 0.5) is 14.5 Å². The van der Waals surface area contributed by atoms with Gasteiger partial charge in [-0.1, -0.05) is 11.6 Å². The summed E-state index contributed by atoms with van der Waals surface area (Å²) in [6.45, 7) is -0.627. The fourth-order valence-electron chi connectivity index (χ4n) is 1.61. The number of rotatable bonds is 4. The number of halogens is 3. The number of aliphatic hydroxyl groups is 1. The van der Waals surface area contributed by atoms with Gasteiger partial charge in [0.05, 0.1) is 22.2 Å². The van der Waals surface area contributed by atoms with Crippen LogP contribution in [-0.4, -0.2) is 13.5 Å². The Bertz CT molecular complexity index is 781. The Balaban J connectivity index is 2.35. The molecular formula is C13H10ClF2NO3S. The molecule has 2 N–H and O–H groups in total. The number of aliphatic hydroxyl groups excluding tert-OH is 1. The molecular weight excluding hydrogens is 324 g/mol. The molecule has 0 fully saturated rings. The van der Waals surface area contributed by atoms with E-state index in [-0.39, 0.29) is 21.2 Å². The zero-order chi connectivity index (χ0) is 15.6. The second-order valence-electron chi connectivity index (χ2n) is 4.15. The van der Waals surface area contributed by atoms with Gasteiger partial charge in [-0.3, -0.25) is 4.72 Å². The molecule has 0 aromatic heterocycles. The first-order chi connectivity index (χ1) is 9.83. The summed E-state index contributed by atoms with van der Waals surface area (Å²) in [7, 11) is -4.00. The second kappa shape index (κ2) is 5.97. The van der Waals surface area contributed by atoms with E-state index in [1.165, 1.54) is 6.07 Å². The number of anilines is 1. The molecule has 0 amide bonds. The highest BCUT2D eigenvalue weighted by Crippen LogP contribution is 2.23. The van der Waals surface area contributed by atoms with Crippen LogP contribution in [0.2, 0.25) is 5.02 Å². The average molecular weight is 334 g/mol. The van der Waals surface area contributed by atoms with Gasteiger partial charge in [0.1, 0.15) is 11.6 Å². The Morgan fingerprint density at radius 2 is 1.76 bits per heavy atom. The molecule has 21 heavy (non-hydrogen) atoms. The number of nitrogens with one attached hydrogen (secondary N) is 1. The number of sulfonamides is 1. The summed E-state index contributed by atoms with van der Waals surface area (Å²) in [4.78, 5) is -0.228. The summed E-state index contributed by atoms with van der Waals surface area (Å²) >= 11 is 5.56. The minimum Gasteiger partial charge on any atom is -0.392 e. The Morgan fingerprint density at radius 3 is 2.38 bits per heavy atom. The quantitative estimate of drug-likeness (QED) is 0.904. The third-order valence-electron chi connectivity index (χ3n) is 2.67. The van der Waals surface area contributed by atoms with E-state index in [2.05, 4.69) is 4.72 Å². The summed E-state index contributed by atoms with van der Waals surface area (Å²) < 4.78 is 52.7. The summed E-state index contributed by atoms with van der Waals surface area (Å²) in [5.74, 6) is -1.38. The molecule has 2 rings (SSSR count). The number of benzene rings is 2.